The Hall–Kier alpha value is -1.59. The second kappa shape index (κ2) is 6.24. The summed E-state index contributed by atoms with van der Waals surface area (Å²) in [6.45, 7) is 4.16. The first-order valence-electron chi connectivity index (χ1n) is 6.47. The van der Waals surface area contributed by atoms with Crippen LogP contribution in [0.15, 0.2) is 18.2 Å². The molecule has 1 N–H and O–H groups in total. The van der Waals surface area contributed by atoms with Crippen LogP contribution in [-0.2, 0) is 0 Å². The van der Waals surface area contributed by atoms with Crippen molar-refractivity contribution >= 4 is 11.3 Å². The van der Waals surface area contributed by atoms with E-state index in [0.717, 1.165) is 27.8 Å². The molecule has 0 aliphatic rings. The maximum atomic E-state index is 5.37. The maximum Gasteiger partial charge on any atom is 0.161 e. The molecule has 0 amide bonds. The molecule has 1 aromatic heterocycles. The van der Waals surface area contributed by atoms with Gasteiger partial charge in [0.25, 0.3) is 0 Å². The third kappa shape index (κ3) is 2.78. The first-order chi connectivity index (χ1) is 9.60. The van der Waals surface area contributed by atoms with Crippen molar-refractivity contribution < 1.29 is 9.47 Å². The highest BCUT2D eigenvalue weighted by molar-refractivity contribution is 7.12. The number of nitrogens with one attached hydrogen (secondary N) is 1. The molecule has 108 valence electrons. The molecular weight excluding hydrogens is 272 g/mol. The van der Waals surface area contributed by atoms with Gasteiger partial charge in [0, 0.05) is 16.5 Å². The normalized spacial score (nSPS) is 12.2. The number of thiazole rings is 1. The van der Waals surface area contributed by atoms with Gasteiger partial charge in [0.2, 0.25) is 0 Å². The second-order valence-corrected chi connectivity index (χ2v) is 5.76. The maximum absolute atomic E-state index is 5.37. The van der Waals surface area contributed by atoms with E-state index in [-0.39, 0.29) is 6.04 Å². The van der Waals surface area contributed by atoms with Gasteiger partial charge in [-0.15, -0.1) is 11.3 Å². The van der Waals surface area contributed by atoms with Crippen LogP contribution in [0.3, 0.4) is 0 Å². The van der Waals surface area contributed by atoms with Gasteiger partial charge in [-0.2, -0.15) is 0 Å². The van der Waals surface area contributed by atoms with E-state index in [2.05, 4.69) is 17.2 Å². The van der Waals surface area contributed by atoms with Crippen LogP contribution in [0.25, 0.3) is 11.3 Å². The van der Waals surface area contributed by atoms with Gasteiger partial charge in [-0.25, -0.2) is 4.98 Å². The van der Waals surface area contributed by atoms with E-state index < -0.39 is 0 Å². The zero-order valence-corrected chi connectivity index (χ0v) is 13.3. The predicted octanol–water partition coefficient (Wildman–Crippen LogP) is 3.42. The summed E-state index contributed by atoms with van der Waals surface area (Å²) in [4.78, 5) is 5.90. The quantitative estimate of drug-likeness (QED) is 0.917. The summed E-state index contributed by atoms with van der Waals surface area (Å²) >= 11 is 1.72. The SMILES string of the molecule is CNC(C)c1sc(C)nc1-c1ccc(OC)c(OC)c1. The van der Waals surface area contributed by atoms with Crippen molar-refractivity contribution in [2.24, 2.45) is 0 Å². The summed E-state index contributed by atoms with van der Waals surface area (Å²) in [5.74, 6) is 1.45. The molecule has 0 aliphatic heterocycles. The average molecular weight is 292 g/mol. The molecule has 1 aromatic carbocycles. The lowest BCUT2D eigenvalue weighted by Gasteiger charge is -2.12. The Morgan fingerprint density at radius 2 is 1.90 bits per heavy atom. The molecule has 2 aromatic rings. The van der Waals surface area contributed by atoms with Crippen LogP contribution in [0, 0.1) is 6.92 Å². The van der Waals surface area contributed by atoms with Gasteiger partial charge >= 0.3 is 0 Å². The van der Waals surface area contributed by atoms with Crippen LogP contribution < -0.4 is 14.8 Å². The van der Waals surface area contributed by atoms with Crippen molar-refractivity contribution in [2.75, 3.05) is 21.3 Å². The van der Waals surface area contributed by atoms with Gasteiger partial charge in [0.15, 0.2) is 11.5 Å². The molecule has 2 rings (SSSR count). The van der Waals surface area contributed by atoms with E-state index >= 15 is 0 Å². The molecule has 1 unspecified atom stereocenters. The number of methoxy groups -OCH3 is 2. The molecule has 5 heteroatoms. The number of nitrogens with zero attached hydrogens (tertiary/aromatic N) is 1. The molecule has 1 heterocycles. The van der Waals surface area contributed by atoms with Crippen LogP contribution in [0.1, 0.15) is 22.9 Å². The van der Waals surface area contributed by atoms with Crippen LogP contribution in [0.4, 0.5) is 0 Å². The molecule has 0 aliphatic carbocycles. The van der Waals surface area contributed by atoms with E-state index in [9.17, 15) is 0 Å². The van der Waals surface area contributed by atoms with Crippen molar-refractivity contribution in [3.63, 3.8) is 0 Å². The minimum atomic E-state index is 0.268. The van der Waals surface area contributed by atoms with Gasteiger partial charge in [0.05, 0.1) is 24.9 Å². The predicted molar refractivity (Wildman–Crippen MR) is 82.9 cm³/mol. The first kappa shape index (κ1) is 14.8. The zero-order valence-electron chi connectivity index (χ0n) is 12.5. The number of rotatable bonds is 5. The van der Waals surface area contributed by atoms with E-state index in [1.807, 2.05) is 32.2 Å². The molecular formula is C15H20N2O2S. The van der Waals surface area contributed by atoms with E-state index in [1.54, 1.807) is 25.6 Å². The monoisotopic (exact) mass is 292 g/mol. The number of aromatic nitrogens is 1. The summed E-state index contributed by atoms with van der Waals surface area (Å²) in [5, 5.41) is 4.33. The highest BCUT2D eigenvalue weighted by Crippen LogP contribution is 2.37. The number of ether oxygens (including phenoxy) is 2. The number of aryl methyl sites for hydroxylation is 1. The fourth-order valence-electron chi connectivity index (χ4n) is 2.06. The average Bonchev–Trinajstić information content (AvgIpc) is 2.87. The fourth-order valence-corrected chi connectivity index (χ4v) is 3.07. The lowest BCUT2D eigenvalue weighted by molar-refractivity contribution is 0.355. The van der Waals surface area contributed by atoms with E-state index in [0.29, 0.717) is 0 Å². The first-order valence-corrected chi connectivity index (χ1v) is 7.29. The van der Waals surface area contributed by atoms with Crippen molar-refractivity contribution in [3.05, 3.63) is 28.1 Å². The zero-order chi connectivity index (χ0) is 14.7. The third-order valence-corrected chi connectivity index (χ3v) is 4.40. The van der Waals surface area contributed by atoms with Crippen LogP contribution in [-0.4, -0.2) is 26.3 Å². The Morgan fingerprint density at radius 3 is 2.50 bits per heavy atom. The number of hydrogen-bond donors (Lipinski definition) is 1. The largest absolute Gasteiger partial charge is 0.493 e. The molecule has 0 saturated heterocycles. The molecule has 0 fully saturated rings. The summed E-state index contributed by atoms with van der Waals surface area (Å²) in [6.07, 6.45) is 0. The third-order valence-electron chi connectivity index (χ3n) is 3.24. The number of benzene rings is 1. The molecule has 1 atom stereocenters. The molecule has 0 saturated carbocycles. The van der Waals surface area contributed by atoms with Gasteiger partial charge in [0.1, 0.15) is 0 Å². The topological polar surface area (TPSA) is 43.4 Å². The lowest BCUT2D eigenvalue weighted by Crippen LogP contribution is -2.11. The highest BCUT2D eigenvalue weighted by atomic mass is 32.1. The van der Waals surface area contributed by atoms with Crippen LogP contribution in [0.2, 0.25) is 0 Å². The highest BCUT2D eigenvalue weighted by Gasteiger charge is 2.17. The van der Waals surface area contributed by atoms with E-state index in [4.69, 9.17) is 9.47 Å². The summed E-state index contributed by atoms with van der Waals surface area (Å²) in [5.41, 5.74) is 2.06. The summed E-state index contributed by atoms with van der Waals surface area (Å²) in [7, 11) is 5.24. The Balaban J connectivity index is 2.51. The smallest absolute Gasteiger partial charge is 0.161 e. The van der Waals surface area contributed by atoms with Gasteiger partial charge < -0.3 is 14.8 Å². The standard InChI is InChI=1S/C15H20N2O2S/c1-9(16-3)15-14(17-10(2)20-15)11-6-7-12(18-4)13(8-11)19-5/h6-9,16H,1-5H3. The minimum absolute atomic E-state index is 0.268. The molecule has 20 heavy (non-hydrogen) atoms. The van der Waals surface area contributed by atoms with Crippen LogP contribution >= 0.6 is 11.3 Å². The molecule has 0 bridgehead atoms. The van der Waals surface area contributed by atoms with E-state index in [1.165, 1.54) is 4.88 Å². The number of hydrogen-bond acceptors (Lipinski definition) is 5. The van der Waals surface area contributed by atoms with Gasteiger partial charge in [-0.3, -0.25) is 0 Å². The van der Waals surface area contributed by atoms with Gasteiger partial charge in [-0.1, -0.05) is 0 Å². The molecule has 0 spiro atoms. The summed E-state index contributed by atoms with van der Waals surface area (Å²) in [6, 6.07) is 6.17. The Labute approximate surface area is 123 Å². The van der Waals surface area contributed by atoms with Crippen LogP contribution in [0.5, 0.6) is 11.5 Å². The summed E-state index contributed by atoms with van der Waals surface area (Å²) < 4.78 is 10.6. The van der Waals surface area contributed by atoms with Crippen molar-refractivity contribution in [1.29, 1.82) is 0 Å². The second-order valence-electron chi connectivity index (χ2n) is 4.53. The Bertz CT molecular complexity index is 596. The van der Waals surface area contributed by atoms with Crippen molar-refractivity contribution in [1.82, 2.24) is 10.3 Å². The molecule has 0 radical (unpaired) electrons. The van der Waals surface area contributed by atoms with Gasteiger partial charge in [-0.05, 0) is 39.1 Å². The minimum Gasteiger partial charge on any atom is -0.493 e. The van der Waals surface area contributed by atoms with Crippen molar-refractivity contribution in [3.8, 4) is 22.8 Å². The Kier molecular flexibility index (Phi) is 4.62. The lowest BCUT2D eigenvalue weighted by atomic mass is 10.1. The van der Waals surface area contributed by atoms with Crippen molar-refractivity contribution in [2.45, 2.75) is 19.9 Å². The molecule has 4 nitrogen and oxygen atoms in total. The fraction of sp³-hybridized carbons (Fsp3) is 0.400. The Morgan fingerprint density at radius 1 is 1.20 bits per heavy atom.